The summed E-state index contributed by atoms with van der Waals surface area (Å²) >= 11 is 5.94. The Morgan fingerprint density at radius 3 is 2.50 bits per heavy atom. The summed E-state index contributed by atoms with van der Waals surface area (Å²) in [6, 6.07) is 9.59. The maximum Gasteiger partial charge on any atom is 0.326 e. The first-order chi connectivity index (χ1) is 13.4. The van der Waals surface area contributed by atoms with Crippen LogP contribution in [0.25, 0.3) is 0 Å². The molecule has 1 heterocycles. The fraction of sp³-hybridized carbons (Fsp3) is 0.222. The second-order valence-corrected chi connectivity index (χ2v) is 5.95. The SMILES string of the molecule is C[C@@H](OC(=O)CNC(=O)CNC(=O)c1ccco1)C(=O)Nc1ccccc1Cl. The number of halogens is 1. The Labute approximate surface area is 165 Å². The number of carbonyl (C=O) groups is 4. The Balaban J connectivity index is 1.69. The highest BCUT2D eigenvalue weighted by Gasteiger charge is 2.19. The van der Waals surface area contributed by atoms with Crippen LogP contribution in [0.3, 0.4) is 0 Å². The number of anilines is 1. The first-order valence-corrected chi connectivity index (χ1v) is 8.58. The Hall–Kier alpha value is -3.33. The van der Waals surface area contributed by atoms with Crippen molar-refractivity contribution in [3.63, 3.8) is 0 Å². The van der Waals surface area contributed by atoms with Crippen LogP contribution in [0.1, 0.15) is 17.5 Å². The molecule has 0 radical (unpaired) electrons. The number of hydrogen-bond donors (Lipinski definition) is 3. The Kier molecular flexibility index (Phi) is 7.58. The van der Waals surface area contributed by atoms with Gasteiger partial charge in [-0.05, 0) is 31.2 Å². The molecule has 3 N–H and O–H groups in total. The summed E-state index contributed by atoms with van der Waals surface area (Å²) in [7, 11) is 0. The van der Waals surface area contributed by atoms with Crippen molar-refractivity contribution < 1.29 is 28.3 Å². The zero-order valence-electron chi connectivity index (χ0n) is 14.9. The molecule has 9 nitrogen and oxygen atoms in total. The molecule has 0 unspecified atom stereocenters. The average molecular weight is 408 g/mol. The topological polar surface area (TPSA) is 127 Å². The molecule has 1 aromatic heterocycles. The summed E-state index contributed by atoms with van der Waals surface area (Å²) in [6.07, 6.45) is 0.230. The molecule has 0 aliphatic heterocycles. The van der Waals surface area contributed by atoms with Gasteiger partial charge in [0.1, 0.15) is 6.54 Å². The Morgan fingerprint density at radius 2 is 1.82 bits per heavy atom. The molecule has 1 aromatic carbocycles. The predicted molar refractivity (Wildman–Crippen MR) is 99.7 cm³/mol. The summed E-state index contributed by atoms with van der Waals surface area (Å²) < 4.78 is 9.83. The van der Waals surface area contributed by atoms with E-state index in [1.54, 1.807) is 24.3 Å². The van der Waals surface area contributed by atoms with Gasteiger partial charge >= 0.3 is 5.97 Å². The van der Waals surface area contributed by atoms with Gasteiger partial charge < -0.3 is 25.1 Å². The van der Waals surface area contributed by atoms with E-state index in [1.807, 2.05) is 0 Å². The molecule has 3 amide bonds. The predicted octanol–water partition coefficient (Wildman–Crippen LogP) is 1.35. The van der Waals surface area contributed by atoms with Crippen LogP contribution in [0.15, 0.2) is 47.1 Å². The monoisotopic (exact) mass is 407 g/mol. The molecular formula is C18H18ClN3O6. The minimum absolute atomic E-state index is 0.0607. The average Bonchev–Trinajstić information content (AvgIpc) is 3.21. The second-order valence-electron chi connectivity index (χ2n) is 5.54. The van der Waals surface area contributed by atoms with Gasteiger partial charge in [0.05, 0.1) is 23.5 Å². The molecule has 1 atom stereocenters. The molecule has 0 saturated carbocycles. The van der Waals surface area contributed by atoms with Crippen LogP contribution in [-0.2, 0) is 19.1 Å². The van der Waals surface area contributed by atoms with Crippen LogP contribution in [0.5, 0.6) is 0 Å². The fourth-order valence-electron chi connectivity index (χ4n) is 1.98. The third-order valence-electron chi connectivity index (χ3n) is 3.39. The standard InChI is InChI=1S/C18H18ClN3O6/c1-11(17(25)22-13-6-3-2-5-12(13)19)28-16(24)10-20-15(23)9-21-18(26)14-7-4-8-27-14/h2-8,11H,9-10H2,1H3,(H,20,23)(H,21,26)(H,22,25)/t11-/m1/s1. The van der Waals surface area contributed by atoms with Crippen LogP contribution in [-0.4, -0.2) is 42.9 Å². The van der Waals surface area contributed by atoms with Crippen LogP contribution >= 0.6 is 11.6 Å². The normalized spacial score (nSPS) is 11.2. The minimum atomic E-state index is -1.10. The number of ether oxygens (including phenoxy) is 1. The third-order valence-corrected chi connectivity index (χ3v) is 3.72. The van der Waals surface area contributed by atoms with Crippen molar-refractivity contribution in [2.45, 2.75) is 13.0 Å². The van der Waals surface area contributed by atoms with Gasteiger partial charge in [-0.15, -0.1) is 0 Å². The van der Waals surface area contributed by atoms with Crippen molar-refractivity contribution in [3.8, 4) is 0 Å². The van der Waals surface area contributed by atoms with E-state index in [-0.39, 0.29) is 12.3 Å². The van der Waals surface area contributed by atoms with E-state index in [4.69, 9.17) is 20.8 Å². The molecule has 0 fully saturated rings. The molecule has 10 heteroatoms. The van der Waals surface area contributed by atoms with E-state index < -0.39 is 36.3 Å². The first-order valence-electron chi connectivity index (χ1n) is 8.20. The number of furan rings is 1. The smallest absolute Gasteiger partial charge is 0.326 e. The lowest BCUT2D eigenvalue weighted by atomic mass is 10.3. The summed E-state index contributed by atoms with van der Waals surface area (Å²) in [6.45, 7) is 0.573. The third kappa shape index (κ3) is 6.44. The maximum atomic E-state index is 12.0. The van der Waals surface area contributed by atoms with Gasteiger partial charge in [0.2, 0.25) is 5.91 Å². The summed E-state index contributed by atoms with van der Waals surface area (Å²) in [4.78, 5) is 47.1. The molecule has 2 aromatic rings. The molecule has 0 saturated heterocycles. The zero-order valence-corrected chi connectivity index (χ0v) is 15.6. The first kappa shape index (κ1) is 21.0. The molecular weight excluding hydrogens is 390 g/mol. The van der Waals surface area contributed by atoms with E-state index in [9.17, 15) is 19.2 Å². The van der Waals surface area contributed by atoms with Crippen LogP contribution in [0.2, 0.25) is 5.02 Å². The Bertz CT molecular complexity index is 853. The minimum Gasteiger partial charge on any atom is -0.459 e. The van der Waals surface area contributed by atoms with Gasteiger partial charge in [0, 0.05) is 0 Å². The maximum absolute atomic E-state index is 12.0. The number of carbonyl (C=O) groups excluding carboxylic acids is 4. The lowest BCUT2D eigenvalue weighted by Gasteiger charge is -2.14. The van der Waals surface area contributed by atoms with Gasteiger partial charge in [0.25, 0.3) is 11.8 Å². The van der Waals surface area contributed by atoms with Gasteiger partial charge in [-0.2, -0.15) is 0 Å². The number of nitrogens with one attached hydrogen (secondary N) is 3. The van der Waals surface area contributed by atoms with Crippen molar-refractivity contribution in [3.05, 3.63) is 53.4 Å². The van der Waals surface area contributed by atoms with E-state index >= 15 is 0 Å². The van der Waals surface area contributed by atoms with Crippen molar-refractivity contribution in [1.29, 1.82) is 0 Å². The van der Waals surface area contributed by atoms with Crippen molar-refractivity contribution in [2.75, 3.05) is 18.4 Å². The fourth-order valence-corrected chi connectivity index (χ4v) is 2.16. The molecule has 2 rings (SSSR count). The van der Waals surface area contributed by atoms with Gasteiger partial charge in [-0.3, -0.25) is 19.2 Å². The van der Waals surface area contributed by atoms with Crippen LogP contribution in [0.4, 0.5) is 5.69 Å². The summed E-state index contributed by atoms with van der Waals surface area (Å²) in [5, 5.41) is 7.48. The number of rotatable bonds is 8. The number of benzene rings is 1. The van der Waals surface area contributed by atoms with E-state index in [1.165, 1.54) is 25.3 Å². The number of para-hydroxylation sites is 1. The van der Waals surface area contributed by atoms with Crippen LogP contribution < -0.4 is 16.0 Å². The van der Waals surface area contributed by atoms with E-state index in [0.717, 1.165) is 0 Å². The molecule has 0 aliphatic rings. The Morgan fingerprint density at radius 1 is 1.07 bits per heavy atom. The number of hydrogen-bond acceptors (Lipinski definition) is 6. The van der Waals surface area contributed by atoms with Gasteiger partial charge in [0.15, 0.2) is 11.9 Å². The molecule has 0 aliphatic carbocycles. The summed E-state index contributed by atoms with van der Waals surface area (Å²) in [5.41, 5.74) is 0.387. The van der Waals surface area contributed by atoms with Crippen molar-refractivity contribution in [2.24, 2.45) is 0 Å². The molecule has 28 heavy (non-hydrogen) atoms. The van der Waals surface area contributed by atoms with E-state index in [2.05, 4.69) is 16.0 Å². The second kappa shape index (κ2) is 10.1. The summed E-state index contributed by atoms with van der Waals surface area (Å²) in [5.74, 6) is -2.49. The lowest BCUT2D eigenvalue weighted by molar-refractivity contribution is -0.152. The van der Waals surface area contributed by atoms with Crippen LogP contribution in [0, 0.1) is 0 Å². The number of esters is 1. The van der Waals surface area contributed by atoms with E-state index in [0.29, 0.717) is 10.7 Å². The molecule has 0 spiro atoms. The van der Waals surface area contributed by atoms with Gasteiger partial charge in [-0.25, -0.2) is 0 Å². The molecule has 148 valence electrons. The quantitative estimate of drug-likeness (QED) is 0.567. The van der Waals surface area contributed by atoms with Gasteiger partial charge in [-0.1, -0.05) is 23.7 Å². The zero-order chi connectivity index (χ0) is 20.5. The largest absolute Gasteiger partial charge is 0.459 e. The van der Waals surface area contributed by atoms with Crippen molar-refractivity contribution in [1.82, 2.24) is 10.6 Å². The highest BCUT2D eigenvalue weighted by molar-refractivity contribution is 6.33. The highest BCUT2D eigenvalue weighted by Crippen LogP contribution is 2.20. The lowest BCUT2D eigenvalue weighted by Crippen LogP contribution is -2.40. The molecule has 0 bridgehead atoms. The van der Waals surface area contributed by atoms with Crippen molar-refractivity contribution >= 4 is 41.0 Å². The number of amides is 3. The highest BCUT2D eigenvalue weighted by atomic mass is 35.5.